The first kappa shape index (κ1) is 16.2. The van der Waals surface area contributed by atoms with Gasteiger partial charge in [0.1, 0.15) is 10.0 Å². The summed E-state index contributed by atoms with van der Waals surface area (Å²) in [5, 5.41) is 0. The lowest BCUT2D eigenvalue weighted by molar-refractivity contribution is 0.584. The molecule has 0 unspecified atom stereocenters. The van der Waals surface area contributed by atoms with Gasteiger partial charge < -0.3 is 4.98 Å². The number of aryl methyl sites for hydroxylation is 2. The fourth-order valence-electron chi connectivity index (χ4n) is 2.43. The number of nitrogens with one attached hydrogen (secondary N) is 2. The fraction of sp³-hybridized carbons (Fsp3) is 0.312. The maximum atomic E-state index is 12.3. The lowest BCUT2D eigenvalue weighted by atomic mass is 10.1. The molecule has 1 aromatic carbocycles. The molecule has 0 spiro atoms. The number of fused-ring (bicyclic) bond motifs is 1. The van der Waals surface area contributed by atoms with Crippen LogP contribution in [-0.2, 0) is 22.9 Å². The van der Waals surface area contributed by atoms with Crippen molar-refractivity contribution in [2.45, 2.75) is 30.9 Å². The Balaban J connectivity index is 1.65. The van der Waals surface area contributed by atoms with Crippen molar-refractivity contribution in [1.29, 1.82) is 0 Å². The number of thiophene rings is 1. The molecule has 3 rings (SSSR count). The predicted molar refractivity (Wildman–Crippen MR) is 93.4 cm³/mol. The van der Waals surface area contributed by atoms with Crippen molar-refractivity contribution in [3.05, 3.63) is 46.6 Å². The van der Waals surface area contributed by atoms with Gasteiger partial charge in [-0.2, -0.15) is 0 Å². The lowest BCUT2D eigenvalue weighted by Crippen LogP contribution is -2.25. The molecule has 3 aromatic rings. The topological polar surface area (TPSA) is 74.8 Å². The van der Waals surface area contributed by atoms with E-state index in [2.05, 4.69) is 14.7 Å². The summed E-state index contributed by atoms with van der Waals surface area (Å²) in [4.78, 5) is 8.63. The van der Waals surface area contributed by atoms with Crippen molar-refractivity contribution in [1.82, 2.24) is 14.7 Å². The highest BCUT2D eigenvalue weighted by atomic mass is 32.2. The van der Waals surface area contributed by atoms with E-state index in [0.29, 0.717) is 17.2 Å². The minimum absolute atomic E-state index is 0.375. The second-order valence-electron chi connectivity index (χ2n) is 5.40. The first-order valence-electron chi connectivity index (χ1n) is 7.51. The van der Waals surface area contributed by atoms with Crippen LogP contribution in [0.3, 0.4) is 0 Å². The van der Waals surface area contributed by atoms with Crippen molar-refractivity contribution in [3.8, 4) is 0 Å². The summed E-state index contributed by atoms with van der Waals surface area (Å²) >= 11 is 1.33. The molecule has 0 fully saturated rings. The van der Waals surface area contributed by atoms with Gasteiger partial charge in [-0.05, 0) is 49.6 Å². The number of hydrogen-bond donors (Lipinski definition) is 2. The highest BCUT2D eigenvalue weighted by Gasteiger charge is 2.15. The van der Waals surface area contributed by atoms with E-state index in [4.69, 9.17) is 0 Å². The number of benzene rings is 1. The van der Waals surface area contributed by atoms with E-state index in [1.165, 1.54) is 11.3 Å². The molecule has 0 aliphatic carbocycles. The number of aromatic nitrogens is 2. The summed E-state index contributed by atoms with van der Waals surface area (Å²) < 4.78 is 27.6. The SMILES string of the molecule is CCc1ccc(S(=O)(=O)NCCc2ccc3nc(C)[nH]c3c2)s1. The monoisotopic (exact) mass is 349 g/mol. The number of aromatic amines is 1. The molecule has 0 aliphatic heterocycles. The van der Waals surface area contributed by atoms with E-state index in [1.807, 2.05) is 38.1 Å². The number of hydrogen-bond acceptors (Lipinski definition) is 4. The van der Waals surface area contributed by atoms with Gasteiger partial charge in [0.25, 0.3) is 0 Å². The number of imidazole rings is 1. The summed E-state index contributed by atoms with van der Waals surface area (Å²) in [6.07, 6.45) is 1.49. The van der Waals surface area contributed by atoms with Crippen LogP contribution >= 0.6 is 11.3 Å². The molecule has 0 radical (unpaired) electrons. The summed E-state index contributed by atoms with van der Waals surface area (Å²) in [5.41, 5.74) is 2.98. The smallest absolute Gasteiger partial charge is 0.250 e. The molecule has 2 N–H and O–H groups in total. The Morgan fingerprint density at radius 3 is 2.83 bits per heavy atom. The van der Waals surface area contributed by atoms with Gasteiger partial charge in [0.15, 0.2) is 0 Å². The van der Waals surface area contributed by atoms with E-state index < -0.39 is 10.0 Å². The number of sulfonamides is 1. The zero-order chi connectivity index (χ0) is 16.4. The second-order valence-corrected chi connectivity index (χ2v) is 8.56. The lowest BCUT2D eigenvalue weighted by Gasteiger charge is -2.05. The standard InChI is InChI=1S/C16H19N3O2S2/c1-3-13-5-7-16(22-13)23(20,21)17-9-8-12-4-6-14-15(10-12)19-11(2)18-14/h4-7,10,17H,3,8-9H2,1-2H3,(H,18,19). The Labute approximate surface area is 139 Å². The highest BCUT2D eigenvalue weighted by Crippen LogP contribution is 2.21. The van der Waals surface area contributed by atoms with Gasteiger partial charge in [-0.25, -0.2) is 18.1 Å². The average molecular weight is 349 g/mol. The predicted octanol–water partition coefficient (Wildman–Crippen LogP) is 3.02. The maximum Gasteiger partial charge on any atom is 0.250 e. The molecule has 0 bridgehead atoms. The zero-order valence-corrected chi connectivity index (χ0v) is 14.7. The third-order valence-electron chi connectivity index (χ3n) is 3.62. The first-order chi connectivity index (χ1) is 11.0. The molecule has 0 atom stereocenters. The quantitative estimate of drug-likeness (QED) is 0.718. The molecule has 23 heavy (non-hydrogen) atoms. The minimum atomic E-state index is -3.41. The van der Waals surface area contributed by atoms with Crippen LogP contribution in [0.5, 0.6) is 0 Å². The summed E-state index contributed by atoms with van der Waals surface area (Å²) in [6.45, 7) is 4.31. The Kier molecular flexibility index (Phi) is 4.52. The van der Waals surface area contributed by atoms with Gasteiger partial charge in [0, 0.05) is 11.4 Å². The normalized spacial score (nSPS) is 12.1. The van der Waals surface area contributed by atoms with Gasteiger partial charge in [-0.15, -0.1) is 11.3 Å². The van der Waals surface area contributed by atoms with Crippen molar-refractivity contribution in [3.63, 3.8) is 0 Å². The Morgan fingerprint density at radius 1 is 1.26 bits per heavy atom. The third-order valence-corrected chi connectivity index (χ3v) is 6.80. The van der Waals surface area contributed by atoms with Gasteiger partial charge in [-0.1, -0.05) is 13.0 Å². The molecule has 0 saturated carbocycles. The molecule has 5 nitrogen and oxygen atoms in total. The van der Waals surface area contributed by atoms with Gasteiger partial charge in [0.05, 0.1) is 11.0 Å². The molecule has 0 saturated heterocycles. The van der Waals surface area contributed by atoms with Gasteiger partial charge in [0.2, 0.25) is 10.0 Å². The van der Waals surface area contributed by atoms with E-state index in [9.17, 15) is 8.42 Å². The molecule has 2 heterocycles. The molecular weight excluding hydrogens is 330 g/mol. The first-order valence-corrected chi connectivity index (χ1v) is 9.81. The van der Waals surface area contributed by atoms with Gasteiger partial charge in [-0.3, -0.25) is 0 Å². The molecule has 0 amide bonds. The van der Waals surface area contributed by atoms with Gasteiger partial charge >= 0.3 is 0 Å². The molecular formula is C16H19N3O2S2. The Morgan fingerprint density at radius 2 is 2.09 bits per heavy atom. The van der Waals surface area contributed by atoms with Crippen LogP contribution in [0.1, 0.15) is 23.2 Å². The molecule has 2 aromatic heterocycles. The molecule has 122 valence electrons. The van der Waals surface area contributed by atoms with Crippen molar-refractivity contribution in [2.75, 3.05) is 6.54 Å². The van der Waals surface area contributed by atoms with Crippen LogP contribution in [-0.4, -0.2) is 24.9 Å². The zero-order valence-electron chi connectivity index (χ0n) is 13.1. The van der Waals surface area contributed by atoms with Crippen molar-refractivity contribution < 1.29 is 8.42 Å². The van der Waals surface area contributed by atoms with Crippen LogP contribution in [0, 0.1) is 6.92 Å². The van der Waals surface area contributed by atoms with E-state index in [-0.39, 0.29) is 0 Å². The van der Waals surface area contributed by atoms with E-state index in [1.54, 1.807) is 6.07 Å². The summed E-state index contributed by atoms with van der Waals surface area (Å²) in [7, 11) is -3.41. The van der Waals surface area contributed by atoms with Crippen LogP contribution in [0.15, 0.2) is 34.5 Å². The number of nitrogens with zero attached hydrogens (tertiary/aromatic N) is 1. The number of rotatable bonds is 6. The molecule has 0 aliphatic rings. The Bertz CT molecular complexity index is 926. The molecule has 7 heteroatoms. The largest absolute Gasteiger partial charge is 0.342 e. The van der Waals surface area contributed by atoms with E-state index in [0.717, 1.165) is 33.7 Å². The van der Waals surface area contributed by atoms with Crippen LogP contribution in [0.2, 0.25) is 0 Å². The number of H-pyrrole nitrogens is 1. The van der Waals surface area contributed by atoms with Crippen molar-refractivity contribution in [2.24, 2.45) is 0 Å². The maximum absolute atomic E-state index is 12.3. The van der Waals surface area contributed by atoms with Crippen LogP contribution in [0.25, 0.3) is 11.0 Å². The minimum Gasteiger partial charge on any atom is -0.342 e. The second kappa shape index (κ2) is 6.43. The summed E-state index contributed by atoms with van der Waals surface area (Å²) in [6, 6.07) is 9.50. The fourth-order valence-corrected chi connectivity index (χ4v) is 4.81. The van der Waals surface area contributed by atoms with Crippen LogP contribution in [0.4, 0.5) is 0 Å². The van der Waals surface area contributed by atoms with Crippen molar-refractivity contribution >= 4 is 32.4 Å². The van der Waals surface area contributed by atoms with E-state index >= 15 is 0 Å². The third kappa shape index (κ3) is 3.63. The average Bonchev–Trinajstić information content (AvgIpc) is 3.12. The highest BCUT2D eigenvalue weighted by molar-refractivity contribution is 7.91. The summed E-state index contributed by atoms with van der Waals surface area (Å²) in [5.74, 6) is 0.877. The van der Waals surface area contributed by atoms with Crippen LogP contribution < -0.4 is 4.72 Å². The Hall–Kier alpha value is -1.70.